The van der Waals surface area contributed by atoms with Gasteiger partial charge in [-0.05, 0) is 60.0 Å². The first-order chi connectivity index (χ1) is 15.3. The molecule has 5 heteroatoms. The second kappa shape index (κ2) is 9.52. The summed E-state index contributed by atoms with van der Waals surface area (Å²) in [7, 11) is 0. The summed E-state index contributed by atoms with van der Waals surface area (Å²) in [6.45, 7) is 16.5. The van der Waals surface area contributed by atoms with Gasteiger partial charge in [0.1, 0.15) is 0 Å². The minimum Gasteiger partial charge on any atom is -0.388 e. The van der Waals surface area contributed by atoms with Gasteiger partial charge in [-0.25, -0.2) is 9.90 Å². The number of nitrogens with zero attached hydrogens (tertiary/aromatic N) is 1. The van der Waals surface area contributed by atoms with Crippen molar-refractivity contribution < 1.29 is 19.8 Å². The Labute approximate surface area is 199 Å². The standard InChI is InChI=1S/C28H43NO4/c1-8-23-13-14-24-21(10-9-15-27(23,24)7)11-12-22-16-28(32,17-25(31)19(22)2)33-29(20(3)30)18-26(4,5)6/h11-13,24-25,31-32H,2,8-10,14-18H2,1,3-7H3/t24-,25-,27+,28-/m0/s1. The molecule has 33 heavy (non-hydrogen) atoms. The van der Waals surface area contributed by atoms with Gasteiger partial charge in [0.25, 0.3) is 0 Å². The van der Waals surface area contributed by atoms with Gasteiger partial charge in [-0.2, -0.15) is 0 Å². The van der Waals surface area contributed by atoms with E-state index in [0.717, 1.165) is 24.8 Å². The van der Waals surface area contributed by atoms with Crippen LogP contribution in [-0.2, 0) is 9.63 Å². The Kier molecular flexibility index (Phi) is 7.48. The van der Waals surface area contributed by atoms with Crippen LogP contribution < -0.4 is 0 Å². The number of fused-ring (bicyclic) bond motifs is 1. The Morgan fingerprint density at radius 1 is 1.36 bits per heavy atom. The number of hydrogen-bond donors (Lipinski definition) is 2. The second-order valence-electron chi connectivity index (χ2n) is 11.7. The van der Waals surface area contributed by atoms with Crippen molar-refractivity contribution in [3.8, 4) is 0 Å². The van der Waals surface area contributed by atoms with Crippen molar-refractivity contribution in [3.63, 3.8) is 0 Å². The van der Waals surface area contributed by atoms with Crippen LogP contribution in [-0.4, -0.2) is 39.6 Å². The number of amides is 1. The predicted octanol–water partition coefficient (Wildman–Crippen LogP) is 5.61. The Balaban J connectivity index is 1.82. The Bertz CT molecular complexity index is 877. The van der Waals surface area contributed by atoms with Crippen molar-refractivity contribution in [3.05, 3.63) is 47.1 Å². The summed E-state index contributed by atoms with van der Waals surface area (Å²) >= 11 is 0. The summed E-state index contributed by atoms with van der Waals surface area (Å²) in [4.78, 5) is 18.0. The number of hydroxylamine groups is 2. The van der Waals surface area contributed by atoms with E-state index in [1.165, 1.54) is 30.4 Å². The van der Waals surface area contributed by atoms with Gasteiger partial charge in [-0.3, -0.25) is 4.79 Å². The van der Waals surface area contributed by atoms with E-state index in [9.17, 15) is 15.0 Å². The van der Waals surface area contributed by atoms with Crippen LogP contribution in [0, 0.1) is 16.7 Å². The molecule has 184 valence electrons. The molecular weight excluding hydrogens is 414 g/mol. The molecule has 4 atom stereocenters. The minimum absolute atomic E-state index is 0.0157. The molecule has 0 aliphatic heterocycles. The third-order valence-corrected chi connectivity index (χ3v) is 7.63. The first-order valence-electron chi connectivity index (χ1n) is 12.4. The van der Waals surface area contributed by atoms with Gasteiger partial charge in [-0.15, -0.1) is 0 Å². The summed E-state index contributed by atoms with van der Waals surface area (Å²) in [5.74, 6) is -1.41. The Hall–Kier alpha value is -1.69. The zero-order chi connectivity index (χ0) is 24.6. The lowest BCUT2D eigenvalue weighted by Gasteiger charge is -2.41. The van der Waals surface area contributed by atoms with Crippen LogP contribution in [0.25, 0.3) is 0 Å². The molecule has 5 nitrogen and oxygen atoms in total. The summed E-state index contributed by atoms with van der Waals surface area (Å²) in [6, 6.07) is 0. The maximum Gasteiger partial charge on any atom is 0.243 e. The lowest BCUT2D eigenvalue weighted by molar-refractivity contribution is -0.329. The van der Waals surface area contributed by atoms with Gasteiger partial charge in [0.2, 0.25) is 5.91 Å². The van der Waals surface area contributed by atoms with Crippen LogP contribution in [0.15, 0.2) is 47.1 Å². The topological polar surface area (TPSA) is 70.0 Å². The second-order valence-corrected chi connectivity index (χ2v) is 11.7. The maximum atomic E-state index is 12.2. The fraction of sp³-hybridized carbons (Fsp3) is 0.679. The molecule has 3 aliphatic rings. The van der Waals surface area contributed by atoms with Crippen LogP contribution in [0.3, 0.4) is 0 Å². The fourth-order valence-corrected chi connectivity index (χ4v) is 5.86. The first kappa shape index (κ1) is 25.9. The van der Waals surface area contributed by atoms with Gasteiger partial charge >= 0.3 is 0 Å². The maximum absolute atomic E-state index is 12.2. The van der Waals surface area contributed by atoms with E-state index >= 15 is 0 Å². The van der Waals surface area contributed by atoms with E-state index in [-0.39, 0.29) is 29.6 Å². The normalized spacial score (nSPS) is 35.0. The molecule has 2 saturated carbocycles. The lowest BCUT2D eigenvalue weighted by Crippen LogP contribution is -2.49. The molecular formula is C28H43NO4. The van der Waals surface area contributed by atoms with Gasteiger partial charge in [-0.1, -0.05) is 70.6 Å². The molecule has 0 heterocycles. The molecule has 0 aromatic rings. The molecule has 1 amide bonds. The quantitative estimate of drug-likeness (QED) is 0.320. The van der Waals surface area contributed by atoms with Gasteiger partial charge in [0.15, 0.2) is 5.79 Å². The molecule has 0 saturated heterocycles. The molecule has 0 unspecified atom stereocenters. The number of hydrogen-bond acceptors (Lipinski definition) is 4. The lowest BCUT2D eigenvalue weighted by atomic mass is 9.64. The number of aliphatic hydroxyl groups excluding tert-OH is 1. The van der Waals surface area contributed by atoms with E-state index in [1.54, 1.807) is 5.57 Å². The first-order valence-corrected chi connectivity index (χ1v) is 12.4. The molecule has 0 spiro atoms. The van der Waals surface area contributed by atoms with Crippen molar-refractivity contribution in [2.75, 3.05) is 6.54 Å². The summed E-state index contributed by atoms with van der Waals surface area (Å²) in [5, 5.41) is 23.1. The van der Waals surface area contributed by atoms with Crippen molar-refractivity contribution in [1.82, 2.24) is 5.06 Å². The van der Waals surface area contributed by atoms with Crippen molar-refractivity contribution in [2.45, 2.75) is 98.4 Å². The predicted molar refractivity (Wildman–Crippen MR) is 132 cm³/mol. The van der Waals surface area contributed by atoms with Crippen LogP contribution in [0.4, 0.5) is 0 Å². The Morgan fingerprint density at radius 3 is 2.67 bits per heavy atom. The zero-order valence-corrected chi connectivity index (χ0v) is 21.4. The number of carbonyl (C=O) groups is 1. The number of rotatable bonds is 5. The van der Waals surface area contributed by atoms with Crippen molar-refractivity contribution in [1.29, 1.82) is 0 Å². The minimum atomic E-state index is -1.66. The largest absolute Gasteiger partial charge is 0.388 e. The van der Waals surface area contributed by atoms with Crippen LogP contribution in [0.5, 0.6) is 0 Å². The fourth-order valence-electron chi connectivity index (χ4n) is 5.86. The molecule has 3 aliphatic carbocycles. The van der Waals surface area contributed by atoms with E-state index in [2.05, 4.69) is 32.6 Å². The number of allylic oxidation sites excluding steroid dienone is 5. The zero-order valence-electron chi connectivity index (χ0n) is 21.4. The third kappa shape index (κ3) is 5.70. The molecule has 0 bridgehead atoms. The number of aliphatic hydroxyl groups is 2. The molecule has 0 aromatic heterocycles. The Morgan fingerprint density at radius 2 is 2.06 bits per heavy atom. The van der Waals surface area contributed by atoms with Crippen molar-refractivity contribution in [2.24, 2.45) is 16.7 Å². The monoisotopic (exact) mass is 457 g/mol. The highest BCUT2D eigenvalue weighted by molar-refractivity contribution is 5.72. The summed E-state index contributed by atoms with van der Waals surface area (Å²) < 4.78 is 0. The van der Waals surface area contributed by atoms with Gasteiger partial charge < -0.3 is 10.2 Å². The summed E-state index contributed by atoms with van der Waals surface area (Å²) in [6.07, 6.45) is 11.5. The molecule has 2 N–H and O–H groups in total. The van der Waals surface area contributed by atoms with Gasteiger partial charge in [0.05, 0.1) is 12.6 Å². The smallest absolute Gasteiger partial charge is 0.243 e. The highest BCUT2D eigenvalue weighted by atomic mass is 16.8. The average molecular weight is 458 g/mol. The van der Waals surface area contributed by atoms with E-state index in [1.807, 2.05) is 26.8 Å². The number of carbonyl (C=O) groups excluding carboxylic acids is 1. The molecule has 0 aromatic carbocycles. The van der Waals surface area contributed by atoms with Crippen LogP contribution in [0.2, 0.25) is 0 Å². The van der Waals surface area contributed by atoms with E-state index in [4.69, 9.17) is 4.84 Å². The summed E-state index contributed by atoms with van der Waals surface area (Å²) in [5.41, 5.74) is 4.46. The van der Waals surface area contributed by atoms with Crippen LogP contribution in [0.1, 0.15) is 86.5 Å². The van der Waals surface area contributed by atoms with E-state index in [0.29, 0.717) is 18.0 Å². The average Bonchev–Trinajstić information content (AvgIpc) is 3.04. The highest BCUT2D eigenvalue weighted by Gasteiger charge is 2.44. The van der Waals surface area contributed by atoms with Crippen LogP contribution >= 0.6 is 0 Å². The molecule has 2 fully saturated rings. The van der Waals surface area contributed by atoms with E-state index < -0.39 is 11.9 Å². The highest BCUT2D eigenvalue weighted by Crippen LogP contribution is 2.55. The molecule has 0 radical (unpaired) electrons. The SMILES string of the molecule is C=C1C(=CC=C2CCC[C@]3(C)C(CC)=CC[C@@H]23)C[C@](O)(ON(CC(C)(C)C)C(C)=O)C[C@@H]1O. The molecule has 3 rings (SSSR count). The van der Waals surface area contributed by atoms with Gasteiger partial charge in [0, 0.05) is 19.8 Å². The third-order valence-electron chi connectivity index (χ3n) is 7.63. The van der Waals surface area contributed by atoms with Crippen molar-refractivity contribution >= 4 is 5.91 Å².